The van der Waals surface area contributed by atoms with Gasteiger partial charge in [-0.2, -0.15) is 0 Å². The first-order valence-electron chi connectivity index (χ1n) is 7.98. The monoisotopic (exact) mass is 443 g/mol. The highest BCUT2D eigenvalue weighted by molar-refractivity contribution is 7.92. The summed E-state index contributed by atoms with van der Waals surface area (Å²) in [6.07, 6.45) is 1.29. The molecule has 0 aliphatic rings. The molecule has 0 unspecified atom stereocenters. The van der Waals surface area contributed by atoms with Crippen molar-refractivity contribution in [2.24, 2.45) is 0 Å². The highest BCUT2D eigenvalue weighted by Crippen LogP contribution is 2.29. The molecule has 148 valence electrons. The molecular weight excluding hydrogens is 429 g/mol. The third-order valence-corrected chi connectivity index (χ3v) is 7.73. The Hall–Kier alpha value is -2.20. The zero-order valence-electron chi connectivity index (χ0n) is 14.2. The summed E-state index contributed by atoms with van der Waals surface area (Å²) in [5.41, 5.74) is 0. The Labute approximate surface area is 166 Å². The summed E-state index contributed by atoms with van der Waals surface area (Å²) < 4.78 is 71.7. The second-order valence-corrected chi connectivity index (χ2v) is 10.1. The van der Waals surface area contributed by atoms with Crippen LogP contribution in [0.4, 0.5) is 4.39 Å². The van der Waals surface area contributed by atoms with Gasteiger partial charge in [-0.1, -0.05) is 11.6 Å². The molecular formula is C18H15ClFNO5S2. The molecule has 1 aromatic heterocycles. The molecule has 3 rings (SSSR count). The molecule has 0 saturated heterocycles. The Morgan fingerprint density at radius 1 is 0.929 bits per heavy atom. The van der Waals surface area contributed by atoms with Crippen LogP contribution in [0.25, 0.3) is 0 Å². The molecule has 2 aromatic carbocycles. The average molecular weight is 444 g/mol. The number of halogens is 2. The van der Waals surface area contributed by atoms with Crippen molar-refractivity contribution in [3.05, 3.63) is 83.5 Å². The summed E-state index contributed by atoms with van der Waals surface area (Å²) >= 11 is 5.76. The van der Waals surface area contributed by atoms with E-state index in [1.54, 1.807) is 0 Å². The van der Waals surface area contributed by atoms with Crippen LogP contribution in [-0.4, -0.2) is 23.4 Å². The zero-order valence-corrected chi connectivity index (χ0v) is 16.6. The maximum absolute atomic E-state index is 13.2. The summed E-state index contributed by atoms with van der Waals surface area (Å²) in [7, 11) is -8.05. The standard InChI is InChI=1S/C18H15ClFNO5S2/c19-13-3-7-16(8-4-13)28(24,25)21-12-18(17-2-1-11-26-17)27(22,23)15-9-5-14(20)6-10-15/h1-11,18,21H,12H2/t18-/m1/s1. The first-order chi connectivity index (χ1) is 13.2. The fourth-order valence-electron chi connectivity index (χ4n) is 2.51. The third-order valence-electron chi connectivity index (χ3n) is 3.96. The van der Waals surface area contributed by atoms with Crippen LogP contribution >= 0.6 is 11.6 Å². The summed E-state index contributed by atoms with van der Waals surface area (Å²) in [5.74, 6) is -0.528. The fourth-order valence-corrected chi connectivity index (χ4v) is 5.37. The largest absolute Gasteiger partial charge is 0.468 e. The van der Waals surface area contributed by atoms with Gasteiger partial charge in [0.05, 0.1) is 16.1 Å². The van der Waals surface area contributed by atoms with Gasteiger partial charge >= 0.3 is 0 Å². The molecule has 0 aliphatic carbocycles. The van der Waals surface area contributed by atoms with E-state index in [2.05, 4.69) is 4.72 Å². The van der Waals surface area contributed by atoms with Crippen LogP contribution in [0.15, 0.2) is 81.1 Å². The van der Waals surface area contributed by atoms with Gasteiger partial charge in [-0.25, -0.2) is 25.9 Å². The number of hydrogen-bond donors (Lipinski definition) is 1. The lowest BCUT2D eigenvalue weighted by molar-refractivity contribution is 0.486. The lowest BCUT2D eigenvalue weighted by atomic mass is 10.3. The molecule has 0 amide bonds. The van der Waals surface area contributed by atoms with Crippen LogP contribution in [0.1, 0.15) is 11.0 Å². The van der Waals surface area contributed by atoms with E-state index in [1.807, 2.05) is 0 Å². The van der Waals surface area contributed by atoms with Crippen molar-refractivity contribution in [3.8, 4) is 0 Å². The molecule has 1 heterocycles. The topological polar surface area (TPSA) is 93.4 Å². The number of sulfonamides is 1. The predicted molar refractivity (Wildman–Crippen MR) is 102 cm³/mol. The molecule has 28 heavy (non-hydrogen) atoms. The smallest absolute Gasteiger partial charge is 0.240 e. The molecule has 0 bridgehead atoms. The van der Waals surface area contributed by atoms with Gasteiger partial charge in [0.15, 0.2) is 9.84 Å². The van der Waals surface area contributed by atoms with E-state index in [0.717, 1.165) is 24.3 Å². The first-order valence-corrected chi connectivity index (χ1v) is 11.4. The van der Waals surface area contributed by atoms with Crippen molar-refractivity contribution in [2.75, 3.05) is 6.54 Å². The van der Waals surface area contributed by atoms with E-state index >= 15 is 0 Å². The number of benzene rings is 2. The number of hydrogen-bond acceptors (Lipinski definition) is 5. The van der Waals surface area contributed by atoms with Crippen LogP contribution in [0.3, 0.4) is 0 Å². The fraction of sp³-hybridized carbons (Fsp3) is 0.111. The van der Waals surface area contributed by atoms with E-state index in [4.69, 9.17) is 16.0 Å². The molecule has 10 heteroatoms. The lowest BCUT2D eigenvalue weighted by Crippen LogP contribution is -2.31. The van der Waals surface area contributed by atoms with Crippen molar-refractivity contribution in [2.45, 2.75) is 15.0 Å². The lowest BCUT2D eigenvalue weighted by Gasteiger charge is -2.17. The maximum Gasteiger partial charge on any atom is 0.240 e. The quantitative estimate of drug-likeness (QED) is 0.563. The van der Waals surface area contributed by atoms with Crippen molar-refractivity contribution in [1.29, 1.82) is 0 Å². The Balaban J connectivity index is 1.91. The number of nitrogens with one attached hydrogen (secondary N) is 1. The van der Waals surface area contributed by atoms with Crippen molar-refractivity contribution in [3.63, 3.8) is 0 Å². The van der Waals surface area contributed by atoms with Crippen molar-refractivity contribution in [1.82, 2.24) is 4.72 Å². The molecule has 0 saturated carbocycles. The third kappa shape index (κ3) is 4.44. The summed E-state index contributed by atoms with van der Waals surface area (Å²) in [6, 6.07) is 12.6. The van der Waals surface area contributed by atoms with Gasteiger partial charge in [0, 0.05) is 11.6 Å². The maximum atomic E-state index is 13.2. The Bertz CT molecular complexity index is 1140. The molecule has 0 aliphatic heterocycles. The zero-order chi connectivity index (χ0) is 20.4. The van der Waals surface area contributed by atoms with Gasteiger partial charge in [0.2, 0.25) is 10.0 Å². The van der Waals surface area contributed by atoms with E-state index in [-0.39, 0.29) is 15.6 Å². The number of furan rings is 1. The van der Waals surface area contributed by atoms with Gasteiger partial charge in [0.25, 0.3) is 0 Å². The van der Waals surface area contributed by atoms with Crippen LogP contribution in [-0.2, 0) is 19.9 Å². The van der Waals surface area contributed by atoms with E-state index in [1.165, 1.54) is 42.7 Å². The Morgan fingerprint density at radius 3 is 2.11 bits per heavy atom. The summed E-state index contributed by atoms with van der Waals surface area (Å²) in [6.45, 7) is -0.474. The molecule has 0 spiro atoms. The molecule has 0 fully saturated rings. The molecule has 0 radical (unpaired) electrons. The van der Waals surface area contributed by atoms with Crippen LogP contribution in [0.5, 0.6) is 0 Å². The van der Waals surface area contributed by atoms with Gasteiger partial charge in [-0.15, -0.1) is 0 Å². The number of rotatable bonds is 7. The van der Waals surface area contributed by atoms with Gasteiger partial charge < -0.3 is 4.42 Å². The molecule has 3 aromatic rings. The Kier molecular flexibility index (Phi) is 5.90. The first kappa shape index (κ1) is 20.5. The normalized spacial score (nSPS) is 13.4. The predicted octanol–water partition coefficient (Wildman–Crippen LogP) is 3.57. The van der Waals surface area contributed by atoms with E-state index < -0.39 is 37.5 Å². The van der Waals surface area contributed by atoms with Gasteiger partial charge in [0.1, 0.15) is 16.8 Å². The van der Waals surface area contributed by atoms with Gasteiger partial charge in [-0.05, 0) is 60.7 Å². The van der Waals surface area contributed by atoms with Crippen molar-refractivity contribution >= 4 is 31.5 Å². The molecule has 6 nitrogen and oxygen atoms in total. The van der Waals surface area contributed by atoms with Crippen LogP contribution < -0.4 is 4.72 Å². The minimum atomic E-state index is -4.06. The summed E-state index contributed by atoms with van der Waals surface area (Å²) in [4.78, 5) is -0.213. The van der Waals surface area contributed by atoms with Crippen LogP contribution in [0.2, 0.25) is 5.02 Å². The second-order valence-electron chi connectivity index (χ2n) is 5.81. The van der Waals surface area contributed by atoms with Gasteiger partial charge in [-0.3, -0.25) is 0 Å². The van der Waals surface area contributed by atoms with E-state index in [0.29, 0.717) is 5.02 Å². The van der Waals surface area contributed by atoms with E-state index in [9.17, 15) is 21.2 Å². The highest BCUT2D eigenvalue weighted by atomic mass is 35.5. The molecule has 1 N–H and O–H groups in total. The SMILES string of the molecule is O=S(=O)(NC[C@H](c1ccco1)S(=O)(=O)c1ccc(F)cc1)c1ccc(Cl)cc1. The average Bonchev–Trinajstić information content (AvgIpc) is 3.16. The second kappa shape index (κ2) is 8.04. The summed E-state index contributed by atoms with van der Waals surface area (Å²) in [5, 5.41) is -0.971. The molecule has 1 atom stereocenters. The highest BCUT2D eigenvalue weighted by Gasteiger charge is 2.33. The minimum absolute atomic E-state index is 0.0585. The Morgan fingerprint density at radius 2 is 1.54 bits per heavy atom. The minimum Gasteiger partial charge on any atom is -0.468 e. The van der Waals surface area contributed by atoms with Crippen molar-refractivity contribution < 1.29 is 25.6 Å². The number of sulfone groups is 1. The van der Waals surface area contributed by atoms with Crippen LogP contribution in [0, 0.1) is 5.82 Å².